The van der Waals surface area contributed by atoms with Crippen molar-refractivity contribution < 1.29 is 16.8 Å². The summed E-state index contributed by atoms with van der Waals surface area (Å²) in [7, 11) is -5.41. The summed E-state index contributed by atoms with van der Waals surface area (Å²) in [6.45, 7) is 0. The predicted octanol–water partition coefficient (Wildman–Crippen LogP) is 3.71. The summed E-state index contributed by atoms with van der Waals surface area (Å²) in [5.74, 6) is 0.757. The monoisotopic (exact) mass is 332 g/mol. The molecule has 1 aliphatic rings. The fourth-order valence-electron chi connectivity index (χ4n) is 2.66. The Kier molecular flexibility index (Phi) is 5.22. The first kappa shape index (κ1) is 16.6. The van der Waals surface area contributed by atoms with Crippen LogP contribution in [-0.2, 0) is 13.7 Å². The van der Waals surface area contributed by atoms with Gasteiger partial charge in [0, 0.05) is 0 Å². The first-order valence-electron chi connectivity index (χ1n) is 7.18. The van der Waals surface area contributed by atoms with Crippen molar-refractivity contribution in [3.63, 3.8) is 0 Å². The maximum absolute atomic E-state index is 11.5. The van der Waals surface area contributed by atoms with E-state index in [1.165, 1.54) is 19.3 Å². The van der Waals surface area contributed by atoms with E-state index < -0.39 is 20.4 Å². The lowest BCUT2D eigenvalue weighted by Gasteiger charge is -2.32. The number of ether oxygens (including phenoxy) is 1. The van der Waals surface area contributed by atoms with Gasteiger partial charge >= 0.3 is 0 Å². The largest absolute Gasteiger partial charge is 0.489 e. The summed E-state index contributed by atoms with van der Waals surface area (Å²) in [4.78, 5) is 0.848. The minimum atomic E-state index is -3.50. The number of hydrogen-bond donors (Lipinski definition) is 0. The normalized spacial score (nSPS) is 18.4. The van der Waals surface area contributed by atoms with Crippen LogP contribution < -0.4 is 4.74 Å². The van der Waals surface area contributed by atoms with Crippen molar-refractivity contribution in [2.24, 2.45) is 0 Å². The van der Waals surface area contributed by atoms with E-state index in [0.717, 1.165) is 29.7 Å². The van der Waals surface area contributed by atoms with Crippen LogP contribution in [0.15, 0.2) is 29.2 Å². The first-order valence-corrected chi connectivity index (χ1v) is 11.4. The molecule has 0 spiro atoms. The fraction of sp³-hybridized carbons (Fsp3) is 0.600. The van der Waals surface area contributed by atoms with Crippen molar-refractivity contribution in [1.82, 2.24) is 0 Å². The van der Waals surface area contributed by atoms with Crippen LogP contribution >= 0.6 is 10.3 Å². The Morgan fingerprint density at radius 1 is 1.00 bits per heavy atom. The van der Waals surface area contributed by atoms with Crippen molar-refractivity contribution in [1.29, 1.82) is 0 Å². The average molecular weight is 332 g/mol. The Hall–Kier alpha value is -0.720. The van der Waals surface area contributed by atoms with Crippen molar-refractivity contribution in [3.05, 3.63) is 24.3 Å². The molecular weight excluding hydrogens is 308 g/mol. The van der Waals surface area contributed by atoms with E-state index in [1.54, 1.807) is 0 Å². The van der Waals surface area contributed by atoms with Crippen LogP contribution in [0.3, 0.4) is 0 Å². The molecule has 0 aliphatic heterocycles. The molecule has 4 nitrogen and oxygen atoms in total. The molecule has 21 heavy (non-hydrogen) atoms. The van der Waals surface area contributed by atoms with Gasteiger partial charge in [-0.25, -0.2) is 3.63 Å². The van der Waals surface area contributed by atoms with Crippen LogP contribution in [0.2, 0.25) is 0 Å². The highest BCUT2D eigenvalue weighted by Gasteiger charge is 2.26. The quantitative estimate of drug-likeness (QED) is 0.825. The maximum atomic E-state index is 11.5. The predicted molar refractivity (Wildman–Crippen MR) is 87.6 cm³/mol. The second-order valence-electron chi connectivity index (χ2n) is 5.83. The minimum absolute atomic E-state index is 0.230. The third-order valence-electron chi connectivity index (χ3n) is 3.52. The highest BCUT2D eigenvalue weighted by molar-refractivity contribution is 8.32. The van der Waals surface area contributed by atoms with Crippen molar-refractivity contribution in [2.45, 2.75) is 43.1 Å². The summed E-state index contributed by atoms with van der Waals surface area (Å²) in [6.07, 6.45) is 10.8. The van der Waals surface area contributed by atoms with E-state index in [-0.39, 0.29) is 6.10 Å². The third-order valence-corrected chi connectivity index (χ3v) is 7.26. The number of rotatable bonds is 5. The average Bonchev–Trinajstić information content (AvgIpc) is 2.37. The fourth-order valence-corrected chi connectivity index (χ4v) is 6.43. The molecule has 1 fully saturated rings. The second kappa shape index (κ2) is 6.58. The second-order valence-corrected chi connectivity index (χ2v) is 10.7. The number of benzene rings is 1. The molecule has 0 heterocycles. The van der Waals surface area contributed by atoms with E-state index in [1.807, 2.05) is 36.8 Å². The molecule has 120 valence electrons. The van der Waals surface area contributed by atoms with Gasteiger partial charge in [0.1, 0.15) is 5.75 Å². The lowest BCUT2D eigenvalue weighted by Crippen LogP contribution is -2.20. The molecule has 1 aromatic carbocycles. The van der Waals surface area contributed by atoms with Crippen LogP contribution in [0.25, 0.3) is 0 Å². The Labute approximate surface area is 129 Å². The van der Waals surface area contributed by atoms with Gasteiger partial charge in [-0.15, -0.1) is 0 Å². The zero-order valence-electron chi connectivity index (χ0n) is 12.9. The highest BCUT2D eigenvalue weighted by Crippen LogP contribution is 2.55. The van der Waals surface area contributed by atoms with Crippen LogP contribution in [-0.4, -0.2) is 33.3 Å². The Morgan fingerprint density at radius 2 is 1.62 bits per heavy atom. The molecule has 0 saturated heterocycles. The minimum Gasteiger partial charge on any atom is -0.489 e. The Morgan fingerprint density at radius 3 is 2.24 bits per heavy atom. The third kappa shape index (κ3) is 4.90. The summed E-state index contributed by atoms with van der Waals surface area (Å²) in [5, 5.41) is 0. The molecule has 0 amide bonds. The summed E-state index contributed by atoms with van der Waals surface area (Å²) in [6, 6.07) is 7.62. The van der Waals surface area contributed by atoms with Gasteiger partial charge in [0.2, 0.25) is 0 Å². The lowest BCUT2D eigenvalue weighted by atomic mass is 9.98. The number of hydrogen-bond acceptors (Lipinski definition) is 4. The first-order chi connectivity index (χ1) is 9.78. The van der Waals surface area contributed by atoms with E-state index in [9.17, 15) is 8.42 Å². The van der Waals surface area contributed by atoms with Gasteiger partial charge in [-0.2, -0.15) is 8.42 Å². The molecule has 0 radical (unpaired) electrons. The van der Waals surface area contributed by atoms with Gasteiger partial charge in [0.15, 0.2) is 0 Å². The van der Waals surface area contributed by atoms with Crippen molar-refractivity contribution >= 4 is 20.4 Å². The zero-order chi connectivity index (χ0) is 15.5. The van der Waals surface area contributed by atoms with Gasteiger partial charge in [0.05, 0.1) is 17.3 Å². The topological polar surface area (TPSA) is 52.6 Å². The number of para-hydroxylation sites is 1. The Bertz CT molecular complexity index is 575. The highest BCUT2D eigenvalue weighted by atomic mass is 32.3. The van der Waals surface area contributed by atoms with Crippen LogP contribution in [0, 0.1) is 0 Å². The molecule has 0 atom stereocenters. The van der Waals surface area contributed by atoms with Gasteiger partial charge < -0.3 is 4.74 Å². The van der Waals surface area contributed by atoms with E-state index in [4.69, 9.17) is 8.37 Å². The smallest absolute Gasteiger partial charge is 0.273 e. The van der Waals surface area contributed by atoms with Gasteiger partial charge in [-0.05, 0) is 50.3 Å². The summed E-state index contributed by atoms with van der Waals surface area (Å²) in [5.41, 5.74) is 0. The van der Waals surface area contributed by atoms with E-state index in [2.05, 4.69) is 0 Å². The molecule has 1 saturated carbocycles. The molecular formula is C15H24O4S2. The zero-order valence-corrected chi connectivity index (χ0v) is 14.5. The van der Waals surface area contributed by atoms with Crippen LogP contribution in [0.1, 0.15) is 32.1 Å². The van der Waals surface area contributed by atoms with Crippen molar-refractivity contribution in [2.75, 3.05) is 18.8 Å². The molecule has 0 aromatic heterocycles. The summed E-state index contributed by atoms with van der Waals surface area (Å²) < 4.78 is 34.4. The standard InChI is InChI=1S/C15H24O4S2/c1-20(2,19-21(3,16)17)15-12-8-7-11-14(15)18-13-9-5-4-6-10-13/h7-8,11-13H,4-6,9-10H2,1-3H3. The van der Waals surface area contributed by atoms with Gasteiger partial charge in [-0.3, -0.25) is 0 Å². The molecule has 6 heteroatoms. The van der Waals surface area contributed by atoms with E-state index in [0.29, 0.717) is 0 Å². The van der Waals surface area contributed by atoms with Gasteiger partial charge in [-0.1, -0.05) is 28.9 Å². The maximum Gasteiger partial charge on any atom is 0.273 e. The molecule has 0 unspecified atom stereocenters. The molecule has 0 bridgehead atoms. The van der Waals surface area contributed by atoms with E-state index >= 15 is 0 Å². The van der Waals surface area contributed by atoms with Crippen molar-refractivity contribution in [3.8, 4) is 5.75 Å². The summed E-state index contributed by atoms with van der Waals surface area (Å²) >= 11 is 0. The SMILES string of the molecule is CS(C)(OS(C)(=O)=O)c1ccccc1OC1CCCCC1. The Balaban J connectivity index is 2.23. The van der Waals surface area contributed by atoms with Crippen LogP contribution in [0.4, 0.5) is 0 Å². The van der Waals surface area contributed by atoms with Crippen LogP contribution in [0.5, 0.6) is 5.75 Å². The molecule has 0 N–H and O–H groups in total. The molecule has 2 rings (SSSR count). The molecule has 1 aliphatic carbocycles. The molecule has 1 aromatic rings. The lowest BCUT2D eigenvalue weighted by molar-refractivity contribution is 0.151. The van der Waals surface area contributed by atoms with Gasteiger partial charge in [0.25, 0.3) is 10.1 Å².